The summed E-state index contributed by atoms with van der Waals surface area (Å²) < 4.78 is 0. The van der Waals surface area contributed by atoms with Crippen LogP contribution in [0.3, 0.4) is 0 Å². The molecule has 1 atom stereocenters. The number of fused-ring (bicyclic) bond motifs is 1. The van der Waals surface area contributed by atoms with E-state index in [-0.39, 0.29) is 5.91 Å². The first-order valence-corrected chi connectivity index (χ1v) is 9.38. The lowest BCUT2D eigenvalue weighted by Crippen LogP contribution is -2.20. The van der Waals surface area contributed by atoms with Gasteiger partial charge >= 0.3 is 0 Å². The molecule has 1 amide bonds. The maximum Gasteiger partial charge on any atom is 0.272 e. The Morgan fingerprint density at radius 1 is 1.50 bits per heavy atom. The van der Waals surface area contributed by atoms with E-state index in [1.165, 1.54) is 21.7 Å². The highest BCUT2D eigenvalue weighted by molar-refractivity contribution is 7.13. The zero-order chi connectivity index (χ0) is 15.5. The Kier molecular flexibility index (Phi) is 4.74. The number of carbonyl (C=O) groups excluding carboxylic acids is 1. The molecule has 22 heavy (non-hydrogen) atoms. The normalized spacial score (nSPS) is 17.6. The molecule has 1 aliphatic rings. The Morgan fingerprint density at radius 2 is 2.36 bits per heavy atom. The van der Waals surface area contributed by atoms with Crippen LogP contribution in [0.25, 0.3) is 0 Å². The highest BCUT2D eigenvalue weighted by atomic mass is 32.1. The van der Waals surface area contributed by atoms with Gasteiger partial charge in [0.2, 0.25) is 0 Å². The Bertz CT molecular complexity index is 699. The Morgan fingerprint density at radius 3 is 3.14 bits per heavy atom. The third-order valence-corrected chi connectivity index (χ3v) is 6.25. The van der Waals surface area contributed by atoms with Gasteiger partial charge in [-0.3, -0.25) is 4.79 Å². The zero-order valence-corrected chi connectivity index (χ0v) is 14.5. The first-order chi connectivity index (χ1) is 10.7. The maximum absolute atomic E-state index is 12.3. The summed E-state index contributed by atoms with van der Waals surface area (Å²) in [7, 11) is 0. The third-order valence-electron chi connectivity index (χ3n) is 4.04. The van der Waals surface area contributed by atoms with Crippen molar-refractivity contribution in [2.75, 3.05) is 0 Å². The van der Waals surface area contributed by atoms with Gasteiger partial charge in [-0.25, -0.2) is 5.43 Å². The molecule has 3 nitrogen and oxygen atoms in total. The molecule has 3 rings (SSSR count). The van der Waals surface area contributed by atoms with Crippen LogP contribution in [0.1, 0.15) is 50.8 Å². The van der Waals surface area contributed by atoms with E-state index in [2.05, 4.69) is 30.4 Å². The van der Waals surface area contributed by atoms with Gasteiger partial charge in [0.15, 0.2) is 0 Å². The summed E-state index contributed by atoms with van der Waals surface area (Å²) in [5.41, 5.74) is 4.71. The molecule has 2 aromatic heterocycles. The molecular formula is C17H20N2OS2. The third kappa shape index (κ3) is 3.31. The number of rotatable bonds is 4. The van der Waals surface area contributed by atoms with Crippen molar-refractivity contribution in [3.05, 3.63) is 43.3 Å². The van der Waals surface area contributed by atoms with Crippen molar-refractivity contribution in [2.45, 2.75) is 39.5 Å². The van der Waals surface area contributed by atoms with Crippen LogP contribution in [0.15, 0.2) is 22.6 Å². The minimum atomic E-state index is -0.0874. The fourth-order valence-corrected chi connectivity index (χ4v) is 4.81. The standard InChI is InChI=1S/C17H20N2OS2/c1-3-12-5-6-13(22-12)9-18-19-17(20)15-10-21-16-8-11(2)4-7-14(15)16/h5-6,9-11H,3-4,7-8H2,1-2H3,(H,19,20)/b18-9-/t11-/m1/s1. The van der Waals surface area contributed by atoms with Crippen LogP contribution in [-0.4, -0.2) is 12.1 Å². The molecule has 0 fully saturated rings. The number of amides is 1. The lowest BCUT2D eigenvalue weighted by atomic mass is 9.88. The van der Waals surface area contributed by atoms with Gasteiger partial charge in [-0.05, 0) is 49.3 Å². The lowest BCUT2D eigenvalue weighted by Gasteiger charge is -2.18. The average molecular weight is 332 g/mol. The number of hydrogen-bond acceptors (Lipinski definition) is 4. The predicted molar refractivity (Wildman–Crippen MR) is 94.3 cm³/mol. The first-order valence-electron chi connectivity index (χ1n) is 7.68. The van der Waals surface area contributed by atoms with Gasteiger partial charge in [0, 0.05) is 20.0 Å². The summed E-state index contributed by atoms with van der Waals surface area (Å²) in [5.74, 6) is 0.641. The minimum Gasteiger partial charge on any atom is -0.267 e. The van der Waals surface area contributed by atoms with Gasteiger partial charge in [0.25, 0.3) is 5.91 Å². The van der Waals surface area contributed by atoms with Gasteiger partial charge in [0.05, 0.1) is 11.8 Å². The van der Waals surface area contributed by atoms with Gasteiger partial charge < -0.3 is 0 Å². The second-order valence-electron chi connectivity index (χ2n) is 5.76. The van der Waals surface area contributed by atoms with Gasteiger partial charge in [-0.1, -0.05) is 13.8 Å². The Balaban J connectivity index is 1.65. The molecule has 0 spiro atoms. The predicted octanol–water partition coefficient (Wildman–Crippen LogP) is 4.26. The summed E-state index contributed by atoms with van der Waals surface area (Å²) in [5, 5.41) is 6.08. The van der Waals surface area contributed by atoms with E-state index in [9.17, 15) is 4.79 Å². The number of nitrogens with one attached hydrogen (secondary N) is 1. The van der Waals surface area contributed by atoms with Crippen molar-refractivity contribution >= 4 is 34.8 Å². The lowest BCUT2D eigenvalue weighted by molar-refractivity contribution is 0.0954. The van der Waals surface area contributed by atoms with Gasteiger partial charge in [-0.15, -0.1) is 22.7 Å². The number of aryl methyl sites for hydroxylation is 1. The molecule has 0 saturated heterocycles. The molecule has 1 aliphatic carbocycles. The number of thiophene rings is 2. The van der Waals surface area contributed by atoms with Crippen molar-refractivity contribution in [3.63, 3.8) is 0 Å². The van der Waals surface area contributed by atoms with Crippen LogP contribution in [0.5, 0.6) is 0 Å². The number of nitrogens with zero attached hydrogens (tertiary/aromatic N) is 1. The Labute approximate surface area is 139 Å². The SMILES string of the molecule is CCc1ccc(/C=N\NC(=O)c2csc3c2CC[C@@H](C)C3)s1. The molecular weight excluding hydrogens is 312 g/mol. The second-order valence-corrected chi connectivity index (χ2v) is 7.92. The van der Waals surface area contributed by atoms with Crippen molar-refractivity contribution in [1.29, 1.82) is 0 Å². The van der Waals surface area contributed by atoms with Crippen LogP contribution < -0.4 is 5.43 Å². The van der Waals surface area contributed by atoms with Crippen LogP contribution in [0.4, 0.5) is 0 Å². The maximum atomic E-state index is 12.3. The van der Waals surface area contributed by atoms with Gasteiger partial charge in [0.1, 0.15) is 0 Å². The van der Waals surface area contributed by atoms with Crippen LogP contribution >= 0.6 is 22.7 Å². The fraction of sp³-hybridized carbons (Fsp3) is 0.412. The quantitative estimate of drug-likeness (QED) is 0.659. The first kappa shape index (κ1) is 15.4. The van der Waals surface area contributed by atoms with Crippen LogP contribution in [-0.2, 0) is 19.3 Å². The van der Waals surface area contributed by atoms with E-state index in [1.54, 1.807) is 28.9 Å². The van der Waals surface area contributed by atoms with E-state index in [0.29, 0.717) is 0 Å². The van der Waals surface area contributed by atoms with Crippen molar-refractivity contribution in [2.24, 2.45) is 11.0 Å². The fourth-order valence-electron chi connectivity index (χ4n) is 2.74. The summed E-state index contributed by atoms with van der Waals surface area (Å²) in [6.07, 6.45) is 6.04. The summed E-state index contributed by atoms with van der Waals surface area (Å²) >= 11 is 3.42. The van der Waals surface area contributed by atoms with Crippen molar-refractivity contribution in [3.8, 4) is 0 Å². The molecule has 0 saturated carbocycles. The monoisotopic (exact) mass is 332 g/mol. The van der Waals surface area contributed by atoms with E-state index in [4.69, 9.17) is 0 Å². The molecule has 5 heteroatoms. The smallest absolute Gasteiger partial charge is 0.267 e. The summed E-state index contributed by atoms with van der Waals surface area (Å²) in [6.45, 7) is 4.41. The summed E-state index contributed by atoms with van der Waals surface area (Å²) in [6, 6.07) is 4.14. The molecule has 0 unspecified atom stereocenters. The van der Waals surface area contributed by atoms with E-state index in [0.717, 1.165) is 35.6 Å². The van der Waals surface area contributed by atoms with E-state index in [1.807, 2.05) is 11.4 Å². The molecule has 0 aromatic carbocycles. The average Bonchev–Trinajstić information content (AvgIpc) is 3.13. The molecule has 1 N–H and O–H groups in total. The minimum absolute atomic E-state index is 0.0874. The van der Waals surface area contributed by atoms with E-state index >= 15 is 0 Å². The largest absolute Gasteiger partial charge is 0.272 e. The molecule has 0 aliphatic heterocycles. The molecule has 0 radical (unpaired) electrons. The van der Waals surface area contributed by atoms with Crippen LogP contribution in [0.2, 0.25) is 0 Å². The molecule has 2 aromatic rings. The topological polar surface area (TPSA) is 41.5 Å². The van der Waals surface area contributed by atoms with E-state index < -0.39 is 0 Å². The Hall–Kier alpha value is -1.46. The van der Waals surface area contributed by atoms with Crippen LogP contribution in [0, 0.1) is 5.92 Å². The highest BCUT2D eigenvalue weighted by Gasteiger charge is 2.22. The molecule has 0 bridgehead atoms. The van der Waals surface area contributed by atoms with Gasteiger partial charge in [-0.2, -0.15) is 5.10 Å². The van der Waals surface area contributed by atoms with Crippen molar-refractivity contribution < 1.29 is 4.79 Å². The summed E-state index contributed by atoms with van der Waals surface area (Å²) in [4.78, 5) is 16.1. The molecule has 2 heterocycles. The molecule has 116 valence electrons. The zero-order valence-electron chi connectivity index (χ0n) is 12.9. The highest BCUT2D eigenvalue weighted by Crippen LogP contribution is 2.32. The van der Waals surface area contributed by atoms with Crippen molar-refractivity contribution in [1.82, 2.24) is 5.43 Å². The number of hydrazone groups is 1. The number of hydrogen-bond donors (Lipinski definition) is 1. The second kappa shape index (κ2) is 6.75. The number of carbonyl (C=O) groups is 1.